The van der Waals surface area contributed by atoms with Gasteiger partial charge in [0, 0.05) is 16.3 Å². The zero-order chi connectivity index (χ0) is 29.5. The average molecular weight is 581 g/mol. The SMILES string of the molecule is CCOC=Cc1sc(-c2c(C)nc(-c3cccc(F)c3OCc3ccccc3)n(CCc3ccccc3)c2=O)cc1C. The van der Waals surface area contributed by atoms with Crippen molar-refractivity contribution in [1.82, 2.24) is 9.55 Å². The predicted octanol–water partition coefficient (Wildman–Crippen LogP) is 8.22. The van der Waals surface area contributed by atoms with Crippen LogP contribution in [0.25, 0.3) is 27.9 Å². The summed E-state index contributed by atoms with van der Waals surface area (Å²) in [6.07, 6.45) is 4.20. The number of aromatic nitrogens is 2. The summed E-state index contributed by atoms with van der Waals surface area (Å²) in [6, 6.07) is 26.3. The highest BCUT2D eigenvalue weighted by molar-refractivity contribution is 7.16. The fourth-order valence-corrected chi connectivity index (χ4v) is 5.95. The highest BCUT2D eigenvalue weighted by atomic mass is 32.1. The summed E-state index contributed by atoms with van der Waals surface area (Å²) in [5, 5.41) is 0. The molecule has 0 spiro atoms. The standard InChI is InChI=1S/C35H33FN2O3S/c1-4-40-21-19-30-24(2)22-31(42-30)32-25(3)37-34(38(35(32)39)20-18-26-12-7-5-8-13-26)28-16-11-17-29(36)33(28)41-23-27-14-9-6-10-15-27/h5-17,19,21-22H,4,18,20,23H2,1-3H3. The van der Waals surface area contributed by atoms with Gasteiger partial charge in [0.25, 0.3) is 5.56 Å². The molecule has 0 amide bonds. The van der Waals surface area contributed by atoms with Crippen LogP contribution in [0.15, 0.2) is 96.0 Å². The summed E-state index contributed by atoms with van der Waals surface area (Å²) in [7, 11) is 0. The van der Waals surface area contributed by atoms with Crippen molar-refractivity contribution in [1.29, 1.82) is 0 Å². The van der Waals surface area contributed by atoms with Crippen LogP contribution in [-0.2, 0) is 24.3 Å². The third-order valence-corrected chi connectivity index (χ3v) is 8.16. The summed E-state index contributed by atoms with van der Waals surface area (Å²) >= 11 is 1.52. The maximum absolute atomic E-state index is 15.3. The Kier molecular flexibility index (Phi) is 9.29. The Morgan fingerprint density at radius 3 is 2.38 bits per heavy atom. The molecule has 2 aromatic heterocycles. The molecule has 5 rings (SSSR count). The number of thiophene rings is 1. The van der Waals surface area contributed by atoms with E-state index in [0.29, 0.717) is 42.2 Å². The van der Waals surface area contributed by atoms with E-state index in [2.05, 4.69) is 0 Å². The van der Waals surface area contributed by atoms with Gasteiger partial charge in [0.2, 0.25) is 0 Å². The van der Waals surface area contributed by atoms with Crippen LogP contribution in [0, 0.1) is 19.7 Å². The second kappa shape index (κ2) is 13.4. The summed E-state index contributed by atoms with van der Waals surface area (Å²) in [5.41, 5.74) is 4.43. The molecule has 0 N–H and O–H groups in total. The van der Waals surface area contributed by atoms with Gasteiger partial charge in [-0.3, -0.25) is 9.36 Å². The molecule has 3 aromatic carbocycles. The molecule has 0 bridgehead atoms. The summed E-state index contributed by atoms with van der Waals surface area (Å²) < 4.78 is 28.4. The van der Waals surface area contributed by atoms with E-state index in [9.17, 15) is 4.79 Å². The largest absolute Gasteiger partial charge is 0.501 e. The van der Waals surface area contributed by atoms with Crippen LogP contribution in [0.1, 0.15) is 34.2 Å². The van der Waals surface area contributed by atoms with E-state index in [4.69, 9.17) is 14.5 Å². The van der Waals surface area contributed by atoms with E-state index < -0.39 is 5.82 Å². The van der Waals surface area contributed by atoms with Crippen LogP contribution in [0.5, 0.6) is 5.75 Å². The Bertz CT molecular complexity index is 1740. The highest BCUT2D eigenvalue weighted by Crippen LogP contribution is 2.35. The molecule has 42 heavy (non-hydrogen) atoms. The molecule has 0 saturated carbocycles. The molecule has 7 heteroatoms. The van der Waals surface area contributed by atoms with Gasteiger partial charge >= 0.3 is 0 Å². The number of halogens is 1. The Balaban J connectivity index is 1.62. The predicted molar refractivity (Wildman–Crippen MR) is 168 cm³/mol. The maximum Gasteiger partial charge on any atom is 0.262 e. The van der Waals surface area contributed by atoms with Crippen molar-refractivity contribution in [3.05, 3.63) is 135 Å². The second-order valence-electron chi connectivity index (χ2n) is 9.90. The minimum absolute atomic E-state index is 0.0733. The van der Waals surface area contributed by atoms with Gasteiger partial charge in [-0.25, -0.2) is 9.37 Å². The van der Waals surface area contributed by atoms with Gasteiger partial charge in [-0.15, -0.1) is 11.3 Å². The van der Waals surface area contributed by atoms with E-state index in [1.807, 2.05) is 93.6 Å². The molecule has 0 saturated heterocycles. The van der Waals surface area contributed by atoms with Gasteiger partial charge in [0.1, 0.15) is 12.4 Å². The van der Waals surface area contributed by atoms with Gasteiger partial charge in [-0.1, -0.05) is 66.7 Å². The Hall–Kier alpha value is -4.49. The number of hydrogen-bond acceptors (Lipinski definition) is 5. The molecular formula is C35H33FN2O3S. The molecule has 2 heterocycles. The summed E-state index contributed by atoms with van der Waals surface area (Å²) in [5.74, 6) is -0.0534. The van der Waals surface area contributed by atoms with Crippen molar-refractivity contribution in [3.63, 3.8) is 0 Å². The van der Waals surface area contributed by atoms with Crippen molar-refractivity contribution in [2.24, 2.45) is 0 Å². The van der Waals surface area contributed by atoms with E-state index in [1.165, 1.54) is 17.4 Å². The average Bonchev–Trinajstić information content (AvgIpc) is 3.36. The molecule has 0 aliphatic rings. The lowest BCUT2D eigenvalue weighted by Crippen LogP contribution is -2.27. The third-order valence-electron chi connectivity index (χ3n) is 6.94. The van der Waals surface area contributed by atoms with Crippen molar-refractivity contribution in [2.75, 3.05) is 6.61 Å². The monoisotopic (exact) mass is 580 g/mol. The summed E-state index contributed by atoms with van der Waals surface area (Å²) in [6.45, 7) is 6.92. The molecule has 0 fully saturated rings. The first-order chi connectivity index (χ1) is 20.5. The molecule has 0 atom stereocenters. The second-order valence-corrected chi connectivity index (χ2v) is 11.0. The molecule has 0 unspecified atom stereocenters. The number of ether oxygens (including phenoxy) is 2. The number of para-hydroxylation sites is 1. The fourth-order valence-electron chi connectivity index (χ4n) is 4.80. The number of nitrogens with zero attached hydrogens (tertiary/aromatic N) is 2. The van der Waals surface area contributed by atoms with Gasteiger partial charge in [-0.2, -0.15) is 0 Å². The van der Waals surface area contributed by atoms with E-state index in [1.54, 1.807) is 23.0 Å². The lowest BCUT2D eigenvalue weighted by molar-refractivity contribution is 0.272. The van der Waals surface area contributed by atoms with E-state index in [-0.39, 0.29) is 17.9 Å². The van der Waals surface area contributed by atoms with Crippen LogP contribution in [0.3, 0.4) is 0 Å². The smallest absolute Gasteiger partial charge is 0.262 e. The van der Waals surface area contributed by atoms with Crippen LogP contribution in [0.4, 0.5) is 4.39 Å². The first-order valence-corrected chi connectivity index (χ1v) is 14.8. The van der Waals surface area contributed by atoms with E-state index in [0.717, 1.165) is 26.4 Å². The van der Waals surface area contributed by atoms with Crippen molar-refractivity contribution in [2.45, 2.75) is 40.3 Å². The first-order valence-electron chi connectivity index (χ1n) is 14.0. The minimum Gasteiger partial charge on any atom is -0.501 e. The molecule has 5 aromatic rings. The van der Waals surface area contributed by atoms with Crippen molar-refractivity contribution in [3.8, 4) is 27.6 Å². The normalized spacial score (nSPS) is 11.2. The zero-order valence-electron chi connectivity index (χ0n) is 24.0. The van der Waals surface area contributed by atoms with Crippen molar-refractivity contribution >= 4 is 17.4 Å². The topological polar surface area (TPSA) is 53.4 Å². The molecular weight excluding hydrogens is 547 g/mol. The third kappa shape index (κ3) is 6.52. The van der Waals surface area contributed by atoms with Gasteiger partial charge in [0.15, 0.2) is 11.6 Å². The Morgan fingerprint density at radius 2 is 1.67 bits per heavy atom. The molecule has 214 valence electrons. The van der Waals surface area contributed by atoms with Gasteiger partial charge in [0.05, 0.1) is 29.7 Å². The van der Waals surface area contributed by atoms with Crippen LogP contribution in [0.2, 0.25) is 0 Å². The van der Waals surface area contributed by atoms with Gasteiger partial charge in [-0.05, 0) is 68.2 Å². The van der Waals surface area contributed by atoms with Crippen LogP contribution >= 0.6 is 11.3 Å². The molecule has 0 radical (unpaired) electrons. The van der Waals surface area contributed by atoms with Crippen molar-refractivity contribution < 1.29 is 13.9 Å². The maximum atomic E-state index is 15.3. The fraction of sp³-hybridized carbons (Fsp3) is 0.200. The van der Waals surface area contributed by atoms with Gasteiger partial charge < -0.3 is 9.47 Å². The first kappa shape index (κ1) is 29.0. The molecule has 0 aliphatic heterocycles. The molecule has 5 nitrogen and oxygen atoms in total. The van der Waals surface area contributed by atoms with Crippen LogP contribution < -0.4 is 10.3 Å². The number of rotatable bonds is 11. The quantitative estimate of drug-likeness (QED) is 0.148. The van der Waals surface area contributed by atoms with E-state index >= 15 is 4.39 Å². The lowest BCUT2D eigenvalue weighted by atomic mass is 10.1. The highest BCUT2D eigenvalue weighted by Gasteiger charge is 2.22. The Labute approximate surface area is 249 Å². The Morgan fingerprint density at radius 1 is 0.952 bits per heavy atom. The zero-order valence-corrected chi connectivity index (χ0v) is 24.8. The summed E-state index contributed by atoms with van der Waals surface area (Å²) in [4.78, 5) is 21.1. The lowest BCUT2D eigenvalue weighted by Gasteiger charge is -2.18. The number of aryl methyl sites for hydroxylation is 3. The minimum atomic E-state index is -0.506. The number of hydrogen-bond donors (Lipinski definition) is 0. The number of benzene rings is 3. The van der Waals surface area contributed by atoms with Crippen LogP contribution in [-0.4, -0.2) is 16.2 Å². The molecule has 0 aliphatic carbocycles.